The van der Waals surface area contributed by atoms with E-state index < -0.39 is 24.0 Å². The number of ether oxygens (including phenoxy) is 4. The van der Waals surface area contributed by atoms with Crippen LogP contribution in [0.2, 0.25) is 0 Å². The first-order chi connectivity index (χ1) is 11.3. The maximum Gasteiger partial charge on any atom is 0.318 e. The number of methoxy groups -OCH3 is 3. The number of amides is 3. The number of nitrogens with one attached hydrogen (secondary N) is 1. The molecule has 3 amide bonds. The fourth-order valence-electron chi connectivity index (χ4n) is 1.92. The Bertz CT molecular complexity index is 605. The summed E-state index contributed by atoms with van der Waals surface area (Å²) in [6.07, 6.45) is -1.29. The highest BCUT2D eigenvalue weighted by molar-refractivity contribution is 5.96. The molecule has 0 radical (unpaired) electrons. The molecule has 0 fully saturated rings. The van der Waals surface area contributed by atoms with E-state index in [4.69, 9.17) is 24.7 Å². The summed E-state index contributed by atoms with van der Waals surface area (Å²) < 4.78 is 20.5. The van der Waals surface area contributed by atoms with Crippen LogP contribution in [0.25, 0.3) is 0 Å². The third-order valence-electron chi connectivity index (χ3n) is 3.00. The van der Waals surface area contributed by atoms with Crippen LogP contribution in [0.5, 0.6) is 17.2 Å². The molecule has 0 aromatic heterocycles. The van der Waals surface area contributed by atoms with Gasteiger partial charge in [0.25, 0.3) is 5.91 Å². The summed E-state index contributed by atoms with van der Waals surface area (Å²) in [6.45, 7) is 1.32. The molecule has 0 heterocycles. The van der Waals surface area contributed by atoms with Crippen molar-refractivity contribution < 1.29 is 33.3 Å². The molecular weight excluding hydrogens is 320 g/mol. The molecule has 1 aromatic carbocycles. The van der Waals surface area contributed by atoms with Crippen LogP contribution in [0.4, 0.5) is 4.79 Å². The first-order valence-corrected chi connectivity index (χ1v) is 6.91. The van der Waals surface area contributed by atoms with Crippen molar-refractivity contribution in [3.63, 3.8) is 0 Å². The van der Waals surface area contributed by atoms with Gasteiger partial charge in [-0.1, -0.05) is 0 Å². The minimum atomic E-state index is -1.16. The summed E-state index contributed by atoms with van der Waals surface area (Å²) in [7, 11) is 4.37. The van der Waals surface area contributed by atoms with E-state index in [-0.39, 0.29) is 6.42 Å². The predicted octanol–water partition coefficient (Wildman–Crippen LogP) is 0.382. The molecule has 1 rings (SSSR count). The molecule has 0 bridgehead atoms. The van der Waals surface area contributed by atoms with E-state index in [9.17, 15) is 14.4 Å². The Morgan fingerprint density at radius 2 is 1.62 bits per heavy atom. The average Bonchev–Trinajstić information content (AvgIpc) is 2.52. The Morgan fingerprint density at radius 3 is 2.04 bits per heavy atom. The molecule has 9 heteroatoms. The molecule has 9 nitrogen and oxygen atoms in total. The fraction of sp³-hybridized carbons (Fsp3) is 0.400. The van der Waals surface area contributed by atoms with Gasteiger partial charge in [-0.3, -0.25) is 14.9 Å². The minimum Gasteiger partial charge on any atom is -0.493 e. The second-order valence-corrected chi connectivity index (χ2v) is 4.70. The molecule has 0 saturated heterocycles. The molecular formula is C15H20N2O7. The van der Waals surface area contributed by atoms with Gasteiger partial charge in [-0.15, -0.1) is 0 Å². The number of urea groups is 1. The Balaban J connectivity index is 2.83. The van der Waals surface area contributed by atoms with E-state index in [1.807, 2.05) is 5.32 Å². The zero-order chi connectivity index (χ0) is 18.3. The highest BCUT2D eigenvalue weighted by Crippen LogP contribution is 2.38. The van der Waals surface area contributed by atoms with Crippen LogP contribution in [0.3, 0.4) is 0 Å². The van der Waals surface area contributed by atoms with Crippen LogP contribution in [-0.2, 0) is 20.7 Å². The summed E-state index contributed by atoms with van der Waals surface area (Å²) in [5.74, 6) is -0.304. The van der Waals surface area contributed by atoms with Crippen LogP contribution >= 0.6 is 0 Å². The average molecular weight is 340 g/mol. The number of esters is 1. The van der Waals surface area contributed by atoms with Crippen LogP contribution in [0.15, 0.2) is 12.1 Å². The molecule has 0 aliphatic carbocycles. The first-order valence-electron chi connectivity index (χ1n) is 6.91. The van der Waals surface area contributed by atoms with Crippen LogP contribution < -0.4 is 25.3 Å². The van der Waals surface area contributed by atoms with Crippen molar-refractivity contribution in [2.75, 3.05) is 21.3 Å². The largest absolute Gasteiger partial charge is 0.493 e. The van der Waals surface area contributed by atoms with E-state index >= 15 is 0 Å². The van der Waals surface area contributed by atoms with E-state index in [0.717, 1.165) is 0 Å². The van der Waals surface area contributed by atoms with Crippen molar-refractivity contribution in [1.82, 2.24) is 5.32 Å². The van der Waals surface area contributed by atoms with Gasteiger partial charge in [0, 0.05) is 0 Å². The number of carbonyl (C=O) groups excluding carboxylic acids is 3. The van der Waals surface area contributed by atoms with Crippen molar-refractivity contribution in [2.45, 2.75) is 19.4 Å². The van der Waals surface area contributed by atoms with Gasteiger partial charge in [-0.2, -0.15) is 0 Å². The Morgan fingerprint density at radius 1 is 1.08 bits per heavy atom. The van der Waals surface area contributed by atoms with Gasteiger partial charge in [0.2, 0.25) is 5.75 Å². The molecule has 0 aliphatic rings. The second kappa shape index (κ2) is 8.61. The van der Waals surface area contributed by atoms with Crippen molar-refractivity contribution in [2.24, 2.45) is 5.73 Å². The van der Waals surface area contributed by atoms with Gasteiger partial charge >= 0.3 is 12.0 Å². The second-order valence-electron chi connectivity index (χ2n) is 4.70. The number of benzene rings is 1. The van der Waals surface area contributed by atoms with Gasteiger partial charge in [-0.05, 0) is 24.6 Å². The lowest BCUT2D eigenvalue weighted by Crippen LogP contribution is -2.42. The van der Waals surface area contributed by atoms with Crippen molar-refractivity contribution >= 4 is 17.9 Å². The smallest absolute Gasteiger partial charge is 0.318 e. The number of imide groups is 1. The zero-order valence-electron chi connectivity index (χ0n) is 13.9. The highest BCUT2D eigenvalue weighted by atomic mass is 16.5. The topological polar surface area (TPSA) is 126 Å². The summed E-state index contributed by atoms with van der Waals surface area (Å²) in [4.78, 5) is 34.0. The lowest BCUT2D eigenvalue weighted by atomic mass is 10.1. The normalized spacial score (nSPS) is 11.2. The highest BCUT2D eigenvalue weighted by Gasteiger charge is 2.20. The van der Waals surface area contributed by atoms with Crippen LogP contribution in [-0.4, -0.2) is 45.3 Å². The third kappa shape index (κ3) is 5.04. The van der Waals surface area contributed by atoms with E-state index in [1.54, 1.807) is 12.1 Å². The van der Waals surface area contributed by atoms with Crippen molar-refractivity contribution in [3.05, 3.63) is 17.7 Å². The fourth-order valence-corrected chi connectivity index (χ4v) is 1.92. The molecule has 1 atom stereocenters. The number of rotatable bonds is 7. The summed E-state index contributed by atoms with van der Waals surface area (Å²) >= 11 is 0. The lowest BCUT2D eigenvalue weighted by Gasteiger charge is -2.15. The van der Waals surface area contributed by atoms with Crippen molar-refractivity contribution in [3.8, 4) is 17.2 Å². The maximum absolute atomic E-state index is 11.9. The van der Waals surface area contributed by atoms with Crippen LogP contribution in [0.1, 0.15) is 12.5 Å². The molecule has 0 spiro atoms. The Hall–Kier alpha value is -2.97. The molecule has 1 aromatic rings. The minimum absolute atomic E-state index is 0.134. The summed E-state index contributed by atoms with van der Waals surface area (Å²) in [6, 6.07) is 2.17. The quantitative estimate of drug-likeness (QED) is 0.687. The molecule has 24 heavy (non-hydrogen) atoms. The number of hydrogen-bond acceptors (Lipinski definition) is 7. The van der Waals surface area contributed by atoms with Gasteiger partial charge in [0.05, 0.1) is 27.8 Å². The summed E-state index contributed by atoms with van der Waals surface area (Å²) in [5.41, 5.74) is 5.36. The van der Waals surface area contributed by atoms with E-state index in [0.29, 0.717) is 22.8 Å². The standard InChI is InChI=1S/C15H20N2O7/c1-8(14(19)17-15(16)20)24-12(18)7-9-5-10(21-2)13(23-4)11(6-9)22-3/h5-6,8H,7H2,1-4H3,(H3,16,17,19,20)/t8-/m0/s1. The maximum atomic E-state index is 11.9. The molecule has 0 unspecified atom stereocenters. The Kier molecular flexibility index (Phi) is 6.84. The molecule has 0 aliphatic heterocycles. The number of carbonyl (C=O) groups is 3. The van der Waals surface area contributed by atoms with Gasteiger partial charge < -0.3 is 24.7 Å². The van der Waals surface area contributed by atoms with E-state index in [1.165, 1.54) is 28.3 Å². The number of hydrogen-bond donors (Lipinski definition) is 2. The third-order valence-corrected chi connectivity index (χ3v) is 3.00. The molecule has 0 saturated carbocycles. The molecule has 132 valence electrons. The van der Waals surface area contributed by atoms with Gasteiger partial charge in [-0.25, -0.2) is 4.79 Å². The Labute approximate surface area is 139 Å². The van der Waals surface area contributed by atoms with Gasteiger partial charge in [0.15, 0.2) is 17.6 Å². The van der Waals surface area contributed by atoms with E-state index in [2.05, 4.69) is 0 Å². The molecule has 3 N–H and O–H groups in total. The zero-order valence-corrected chi connectivity index (χ0v) is 13.9. The number of nitrogens with two attached hydrogens (primary N) is 1. The van der Waals surface area contributed by atoms with Crippen LogP contribution in [0, 0.1) is 0 Å². The SMILES string of the molecule is COc1cc(CC(=O)O[C@@H](C)C(=O)NC(N)=O)cc(OC)c1OC. The predicted molar refractivity (Wildman–Crippen MR) is 83.1 cm³/mol. The number of primary amides is 1. The summed E-state index contributed by atoms with van der Waals surface area (Å²) in [5, 5.41) is 1.83. The first kappa shape index (κ1) is 19.1. The van der Waals surface area contributed by atoms with Gasteiger partial charge in [0.1, 0.15) is 0 Å². The monoisotopic (exact) mass is 340 g/mol. The lowest BCUT2D eigenvalue weighted by molar-refractivity contribution is -0.153. The van der Waals surface area contributed by atoms with Crippen molar-refractivity contribution in [1.29, 1.82) is 0 Å².